The minimum atomic E-state index is 0.0735. The van der Waals surface area contributed by atoms with E-state index >= 15 is 0 Å². The van der Waals surface area contributed by atoms with Gasteiger partial charge < -0.3 is 4.29 Å². The largest absolute Gasteiger partial charge is 0.385 e. The fourth-order valence-corrected chi connectivity index (χ4v) is 2.08. The zero-order valence-corrected chi connectivity index (χ0v) is 13.2. The molecule has 0 saturated heterocycles. The third-order valence-electron chi connectivity index (χ3n) is 4.34. The van der Waals surface area contributed by atoms with Crippen LogP contribution >= 0.6 is 11.9 Å². The molecule has 102 valence electrons. The summed E-state index contributed by atoms with van der Waals surface area (Å²) < 4.78 is 5.01. The van der Waals surface area contributed by atoms with Crippen molar-refractivity contribution >= 4 is 11.9 Å². The zero-order valence-electron chi connectivity index (χ0n) is 12.4. The van der Waals surface area contributed by atoms with E-state index in [9.17, 15) is 0 Å². The summed E-state index contributed by atoms with van der Waals surface area (Å²) >= 11 is 5.60. The molecule has 18 heavy (non-hydrogen) atoms. The van der Waals surface area contributed by atoms with Crippen molar-refractivity contribution in [3.8, 4) is 5.75 Å². The van der Waals surface area contributed by atoms with Crippen molar-refractivity contribution in [2.45, 2.75) is 65.2 Å². The lowest BCUT2D eigenvalue weighted by Gasteiger charge is -2.29. The number of hydrogen-bond acceptors (Lipinski definition) is 1. The molecular formula is C16H25ClO. The molecule has 0 spiro atoms. The Morgan fingerprint density at radius 1 is 1.00 bits per heavy atom. The van der Waals surface area contributed by atoms with Gasteiger partial charge in [0.05, 0.1) is 0 Å². The maximum Gasteiger partial charge on any atom is 0.150 e. The van der Waals surface area contributed by atoms with Crippen LogP contribution < -0.4 is 4.29 Å². The highest BCUT2D eigenvalue weighted by atomic mass is 35.5. The van der Waals surface area contributed by atoms with Crippen LogP contribution in [0.1, 0.15) is 65.5 Å². The molecule has 0 radical (unpaired) electrons. The van der Waals surface area contributed by atoms with Crippen LogP contribution in [-0.4, -0.2) is 0 Å². The zero-order chi connectivity index (χ0) is 14.0. The van der Waals surface area contributed by atoms with Crippen molar-refractivity contribution in [2.24, 2.45) is 0 Å². The molecule has 0 atom stereocenters. The molecule has 0 fully saturated rings. The standard InChI is InChI=1S/C16H25ClO/c1-7-15(3,4)12-9-10-14(18-17)13(11-12)16(5,6)8-2/h9-11H,7-8H2,1-6H3. The van der Waals surface area contributed by atoms with Gasteiger partial charge in [-0.2, -0.15) is 0 Å². The molecule has 0 bridgehead atoms. The van der Waals surface area contributed by atoms with E-state index in [-0.39, 0.29) is 10.8 Å². The Kier molecular flexibility index (Phi) is 4.72. The molecule has 1 aromatic carbocycles. The first-order valence-electron chi connectivity index (χ1n) is 6.72. The summed E-state index contributed by atoms with van der Waals surface area (Å²) in [6.45, 7) is 13.4. The summed E-state index contributed by atoms with van der Waals surface area (Å²) in [5, 5.41) is 0. The molecule has 0 amide bonds. The minimum Gasteiger partial charge on any atom is -0.385 e. The van der Waals surface area contributed by atoms with Gasteiger partial charge in [0.2, 0.25) is 0 Å². The van der Waals surface area contributed by atoms with E-state index in [1.807, 2.05) is 6.07 Å². The van der Waals surface area contributed by atoms with E-state index in [0.29, 0.717) is 0 Å². The van der Waals surface area contributed by atoms with Crippen LogP contribution in [0.5, 0.6) is 5.75 Å². The lowest BCUT2D eigenvalue weighted by atomic mass is 9.76. The van der Waals surface area contributed by atoms with Gasteiger partial charge in [0.1, 0.15) is 17.6 Å². The molecule has 0 N–H and O–H groups in total. The van der Waals surface area contributed by atoms with Crippen molar-refractivity contribution in [2.75, 3.05) is 0 Å². The highest BCUT2D eigenvalue weighted by molar-refractivity contribution is 6.09. The van der Waals surface area contributed by atoms with Gasteiger partial charge >= 0.3 is 0 Å². The molecule has 1 rings (SSSR count). The number of halogens is 1. The van der Waals surface area contributed by atoms with E-state index in [1.165, 1.54) is 11.1 Å². The number of rotatable bonds is 5. The second-order valence-corrected chi connectivity index (χ2v) is 6.42. The summed E-state index contributed by atoms with van der Waals surface area (Å²) in [4.78, 5) is 0. The van der Waals surface area contributed by atoms with Gasteiger partial charge in [-0.1, -0.05) is 53.7 Å². The Balaban J connectivity index is 3.35. The first kappa shape index (κ1) is 15.4. The maximum atomic E-state index is 5.60. The fourth-order valence-electron chi connectivity index (χ4n) is 1.94. The van der Waals surface area contributed by atoms with Gasteiger partial charge in [-0.15, -0.1) is 0 Å². The molecule has 0 aliphatic rings. The minimum absolute atomic E-state index is 0.0735. The van der Waals surface area contributed by atoms with Crippen LogP contribution in [-0.2, 0) is 10.8 Å². The Hall–Kier alpha value is -0.690. The predicted octanol–water partition coefficient (Wildman–Crippen LogP) is 5.59. The molecule has 0 aliphatic heterocycles. The summed E-state index contributed by atoms with van der Waals surface area (Å²) in [5.74, 6) is 0.777. The quantitative estimate of drug-likeness (QED) is 0.676. The van der Waals surface area contributed by atoms with E-state index < -0.39 is 0 Å². The van der Waals surface area contributed by atoms with Crippen LogP contribution in [0.25, 0.3) is 0 Å². The SMILES string of the molecule is CCC(C)(C)c1ccc(OCl)c(C(C)(C)CC)c1. The molecule has 1 nitrogen and oxygen atoms in total. The molecule has 0 aromatic heterocycles. The van der Waals surface area contributed by atoms with E-state index in [0.717, 1.165) is 18.6 Å². The molecule has 0 saturated carbocycles. The summed E-state index contributed by atoms with van der Waals surface area (Å²) in [6, 6.07) is 6.37. The average molecular weight is 269 g/mol. The van der Waals surface area contributed by atoms with Crippen molar-refractivity contribution in [3.63, 3.8) is 0 Å². The molecule has 0 unspecified atom stereocenters. The second kappa shape index (κ2) is 5.52. The molecule has 0 heterocycles. The van der Waals surface area contributed by atoms with Gasteiger partial charge in [0.25, 0.3) is 0 Å². The molecule has 2 heteroatoms. The lowest BCUT2D eigenvalue weighted by molar-refractivity contribution is 0.470. The van der Waals surface area contributed by atoms with Crippen molar-refractivity contribution in [1.82, 2.24) is 0 Å². The van der Waals surface area contributed by atoms with E-state index in [4.69, 9.17) is 16.2 Å². The normalized spacial score (nSPS) is 12.6. The fraction of sp³-hybridized carbons (Fsp3) is 0.625. The highest BCUT2D eigenvalue weighted by Gasteiger charge is 2.26. The van der Waals surface area contributed by atoms with Crippen molar-refractivity contribution < 1.29 is 4.29 Å². The van der Waals surface area contributed by atoms with Crippen molar-refractivity contribution in [3.05, 3.63) is 29.3 Å². The third kappa shape index (κ3) is 3.00. The van der Waals surface area contributed by atoms with Gasteiger partial charge in [0, 0.05) is 5.56 Å². The molecule has 0 aliphatic carbocycles. The van der Waals surface area contributed by atoms with Crippen LogP contribution in [0.2, 0.25) is 0 Å². The van der Waals surface area contributed by atoms with Crippen LogP contribution in [0.15, 0.2) is 18.2 Å². The monoisotopic (exact) mass is 268 g/mol. The van der Waals surface area contributed by atoms with E-state index in [2.05, 4.69) is 53.7 Å². The Morgan fingerprint density at radius 2 is 1.56 bits per heavy atom. The predicted molar refractivity (Wildman–Crippen MR) is 79.6 cm³/mol. The van der Waals surface area contributed by atoms with E-state index in [1.54, 1.807) is 0 Å². The van der Waals surface area contributed by atoms with Crippen molar-refractivity contribution in [1.29, 1.82) is 0 Å². The highest BCUT2D eigenvalue weighted by Crippen LogP contribution is 2.38. The Morgan fingerprint density at radius 3 is 2.00 bits per heavy atom. The lowest BCUT2D eigenvalue weighted by Crippen LogP contribution is -2.20. The second-order valence-electron chi connectivity index (χ2n) is 6.26. The summed E-state index contributed by atoms with van der Waals surface area (Å²) in [7, 11) is 0. The third-order valence-corrected chi connectivity index (χ3v) is 4.51. The van der Waals surface area contributed by atoms with Gasteiger partial charge in [0.15, 0.2) is 0 Å². The smallest absolute Gasteiger partial charge is 0.150 e. The Labute approximate surface area is 117 Å². The van der Waals surface area contributed by atoms with Crippen LogP contribution in [0.3, 0.4) is 0 Å². The van der Waals surface area contributed by atoms with Gasteiger partial charge in [-0.25, -0.2) is 0 Å². The first-order chi connectivity index (χ1) is 8.28. The number of benzene rings is 1. The van der Waals surface area contributed by atoms with Crippen LogP contribution in [0.4, 0.5) is 0 Å². The maximum absolute atomic E-state index is 5.60. The van der Waals surface area contributed by atoms with Gasteiger partial charge in [-0.3, -0.25) is 0 Å². The number of hydrogen-bond donors (Lipinski definition) is 0. The summed E-state index contributed by atoms with van der Waals surface area (Å²) in [6.07, 6.45) is 2.16. The van der Waals surface area contributed by atoms with Gasteiger partial charge in [-0.05, 0) is 35.3 Å². The first-order valence-corrected chi connectivity index (χ1v) is 7.03. The Bertz CT molecular complexity index is 408. The topological polar surface area (TPSA) is 9.23 Å². The summed E-state index contributed by atoms with van der Waals surface area (Å²) in [5.41, 5.74) is 2.80. The molecular weight excluding hydrogens is 244 g/mol. The molecule has 1 aromatic rings. The van der Waals surface area contributed by atoms with Crippen LogP contribution in [0, 0.1) is 0 Å². The average Bonchev–Trinajstić information content (AvgIpc) is 2.37.